The largest absolute Gasteiger partial charge is 0.246 e. The molecule has 0 atom stereocenters. The lowest BCUT2D eigenvalue weighted by atomic mass is 9.87. The van der Waals surface area contributed by atoms with Crippen LogP contribution in [0.25, 0.3) is 28.3 Å². The molecule has 76 heavy (non-hydrogen) atoms. The Morgan fingerprint density at radius 1 is 0.487 bits per heavy atom. The average molecular weight is 1200 g/mol. The molecule has 0 aromatic carbocycles. The van der Waals surface area contributed by atoms with E-state index in [1.165, 1.54) is 78.9 Å². The van der Waals surface area contributed by atoms with Crippen LogP contribution in [0.15, 0.2) is 52.4 Å². The van der Waals surface area contributed by atoms with E-state index in [1.807, 2.05) is 99.3 Å². The Morgan fingerprint density at radius 3 is 1.33 bits per heavy atom. The monoisotopic (exact) mass is 1200 g/mol. The molecule has 0 saturated carbocycles. The van der Waals surface area contributed by atoms with Crippen LogP contribution < -0.4 is 0 Å². The Kier molecular flexibility index (Phi) is 20.0. The molecule has 14 heteroatoms. The van der Waals surface area contributed by atoms with Crippen molar-refractivity contribution >= 4 is 140 Å². The van der Waals surface area contributed by atoms with Crippen molar-refractivity contribution in [1.82, 2.24) is 9.29 Å². The second-order valence-electron chi connectivity index (χ2n) is 26.4. The van der Waals surface area contributed by atoms with Crippen molar-refractivity contribution in [2.75, 3.05) is 0 Å². The first kappa shape index (κ1) is 63.1. The number of nitrogens with zero attached hydrogens (tertiary/aromatic N) is 3. The molecule has 0 amide bonds. The Labute approximate surface area is 491 Å². The molecule has 0 unspecified atom stereocenters. The molecular weight excluding hydrogens is 1110 g/mol. The molecule has 2 aliphatic heterocycles. The summed E-state index contributed by atoms with van der Waals surface area (Å²) in [6.07, 6.45) is 1.05. The Balaban J connectivity index is 0.000000154. The van der Waals surface area contributed by atoms with Crippen molar-refractivity contribution in [3.05, 3.63) is 92.1 Å². The fraction of sp³-hybridized carbons (Fsp3) is 0.581. The molecule has 418 valence electrons. The van der Waals surface area contributed by atoms with Crippen LogP contribution in [-0.2, 0) is 39.2 Å². The van der Waals surface area contributed by atoms with Gasteiger partial charge in [0.2, 0.25) is 10.0 Å². The summed E-state index contributed by atoms with van der Waals surface area (Å²) in [6.45, 7) is 53.6. The van der Waals surface area contributed by atoms with Gasteiger partial charge in [0.1, 0.15) is 14.8 Å². The summed E-state index contributed by atoms with van der Waals surface area (Å²) >= 11 is 15.0. The average Bonchev–Trinajstić information content (AvgIpc) is 4.10. The van der Waals surface area contributed by atoms with Crippen molar-refractivity contribution < 1.29 is 8.42 Å². The minimum Gasteiger partial charge on any atom is -0.246 e. The van der Waals surface area contributed by atoms with Crippen LogP contribution in [0.4, 0.5) is 5.00 Å². The van der Waals surface area contributed by atoms with Gasteiger partial charge in [-0.3, -0.25) is 0 Å². The van der Waals surface area contributed by atoms with E-state index < -0.39 is 10.0 Å². The first-order valence-electron chi connectivity index (χ1n) is 27.2. The predicted molar refractivity (Wildman–Crippen MR) is 350 cm³/mol. The third-order valence-corrected chi connectivity index (χ3v) is 27.1. The molecule has 10 heterocycles. The van der Waals surface area contributed by atoms with Crippen molar-refractivity contribution in [3.63, 3.8) is 0 Å². The van der Waals surface area contributed by atoms with E-state index in [9.17, 15) is 8.42 Å². The molecule has 10 rings (SSSR count). The zero-order valence-electron chi connectivity index (χ0n) is 50.3. The molecule has 8 aromatic heterocycles. The van der Waals surface area contributed by atoms with Gasteiger partial charge in [-0.15, -0.1) is 90.7 Å². The minimum atomic E-state index is -3.21. The van der Waals surface area contributed by atoms with Crippen molar-refractivity contribution in [2.45, 2.75) is 236 Å². The minimum absolute atomic E-state index is 0.0344. The highest BCUT2D eigenvalue weighted by Crippen LogP contribution is 2.45. The van der Waals surface area contributed by atoms with Crippen LogP contribution in [0, 0.1) is 5.41 Å². The number of aliphatic imine (C=N–C) groups is 1. The Hall–Kier alpha value is -2.11. The van der Waals surface area contributed by atoms with Gasteiger partial charge in [0.15, 0.2) is 0 Å². The van der Waals surface area contributed by atoms with Gasteiger partial charge in [-0.05, 0) is 102 Å². The SMILES string of the molecule is CC(C)(C)C1=Nc2sc(C(C)(C)C)cc2C1.CC(C)(C)c1cc2sc(C(C)(C)C)nc2s1.CC(C)c1cc2c(s1)CN(C(C)C)S2(=O)=O.CC(C)c1cc2cc(C(C)C)sc2s1.CC(C)c1cc2sc(C(C)C)cc2s1. The zero-order chi connectivity index (χ0) is 56.9. The topological polar surface area (TPSA) is 62.6 Å². The van der Waals surface area contributed by atoms with Crippen LogP contribution in [0.3, 0.4) is 0 Å². The lowest BCUT2D eigenvalue weighted by Crippen LogP contribution is -2.31. The van der Waals surface area contributed by atoms with Crippen LogP contribution in [0.1, 0.15) is 245 Å². The summed E-state index contributed by atoms with van der Waals surface area (Å²) in [5.74, 6) is 3.08. The smallest absolute Gasteiger partial charge is 0.244 e. The molecule has 0 fully saturated rings. The summed E-state index contributed by atoms with van der Waals surface area (Å²) in [5.41, 5.74) is 3.64. The molecular formula is C62H89N3O2S9. The number of thiophene rings is 7. The normalized spacial score (nSPS) is 14.9. The standard InChI is InChI=1S/C14H21NS.C13H19NS2.2C12H16S2.C11H17NO2S2/c1-13(2,3)10-7-9-8-11(14(4,5)6)16-12(9)15-10;1-12(2,3)9-7-8-10(16-9)14-11(15-8)13(4,5)6;1-7(2)9-5-11-12(13-9)6-10(14-11)8(3)4;1-7(2)10-5-9-6-11(8(3)4)14-12(9)13-10;1-7(2)9-5-11-10(15-9)6-12(8(3)4)16(11,13)14/h8H,7H2,1-6H3;7H,1-6H3;2*5-8H,1-4H3;5,7-8H,6H2,1-4H3. The molecule has 0 radical (unpaired) electrons. The number of rotatable bonds is 6. The number of hydrogen-bond donors (Lipinski definition) is 0. The van der Waals surface area contributed by atoms with E-state index in [2.05, 4.69) is 189 Å². The summed E-state index contributed by atoms with van der Waals surface area (Å²) in [5, 5.41) is 3.94. The third-order valence-electron chi connectivity index (χ3n) is 13.1. The summed E-state index contributed by atoms with van der Waals surface area (Å²) < 4.78 is 31.7. The summed E-state index contributed by atoms with van der Waals surface area (Å²) in [7, 11) is -3.21. The van der Waals surface area contributed by atoms with E-state index >= 15 is 0 Å². The maximum absolute atomic E-state index is 12.2. The lowest BCUT2D eigenvalue weighted by Gasteiger charge is -2.19. The van der Waals surface area contributed by atoms with Gasteiger partial charge in [-0.1, -0.05) is 152 Å². The molecule has 0 spiro atoms. The summed E-state index contributed by atoms with van der Waals surface area (Å²) in [6, 6.07) is 16.0. The lowest BCUT2D eigenvalue weighted by molar-refractivity contribution is 0.365. The van der Waals surface area contributed by atoms with E-state index in [-0.39, 0.29) is 27.7 Å². The number of hydrogen-bond acceptors (Lipinski definition) is 12. The number of thiazole rings is 1. The molecule has 0 bridgehead atoms. The number of fused-ring (bicyclic) bond motifs is 5. The number of aromatic nitrogens is 1. The fourth-order valence-corrected chi connectivity index (χ4v) is 19.7. The van der Waals surface area contributed by atoms with Crippen LogP contribution in [-0.4, -0.2) is 29.5 Å². The molecule has 0 aliphatic carbocycles. The first-order valence-corrected chi connectivity index (χ1v) is 35.2. The maximum atomic E-state index is 12.2. The van der Waals surface area contributed by atoms with Crippen molar-refractivity contribution in [1.29, 1.82) is 0 Å². The highest BCUT2D eigenvalue weighted by Gasteiger charge is 2.38. The van der Waals surface area contributed by atoms with Gasteiger partial charge in [0, 0.05) is 89.4 Å². The van der Waals surface area contributed by atoms with Crippen LogP contribution in [0.2, 0.25) is 0 Å². The summed E-state index contributed by atoms with van der Waals surface area (Å²) in [4.78, 5) is 22.4. The second kappa shape index (κ2) is 24.2. The predicted octanol–water partition coefficient (Wildman–Crippen LogP) is 22.9. The van der Waals surface area contributed by atoms with E-state index in [0.717, 1.165) is 16.2 Å². The van der Waals surface area contributed by atoms with Gasteiger partial charge in [0.25, 0.3) is 0 Å². The Bertz CT molecular complexity index is 3050. The highest BCUT2D eigenvalue weighted by molar-refractivity contribution is 7.89. The molecule has 0 saturated heterocycles. The van der Waals surface area contributed by atoms with Crippen molar-refractivity contribution in [2.24, 2.45) is 10.4 Å². The molecule has 0 N–H and O–H groups in total. The van der Waals surface area contributed by atoms with Gasteiger partial charge >= 0.3 is 0 Å². The second-order valence-corrected chi connectivity index (χ2v) is 37.2. The van der Waals surface area contributed by atoms with E-state index in [1.54, 1.807) is 15.6 Å². The van der Waals surface area contributed by atoms with Crippen LogP contribution in [0.5, 0.6) is 0 Å². The quantitative estimate of drug-likeness (QED) is 0.167. The van der Waals surface area contributed by atoms with Crippen molar-refractivity contribution in [3.8, 4) is 0 Å². The van der Waals surface area contributed by atoms with Gasteiger partial charge in [-0.25, -0.2) is 18.4 Å². The number of sulfonamides is 1. The molecule has 8 aromatic rings. The van der Waals surface area contributed by atoms with E-state index in [4.69, 9.17) is 9.98 Å². The molecule has 2 aliphatic rings. The van der Waals surface area contributed by atoms with Gasteiger partial charge < -0.3 is 0 Å². The maximum Gasteiger partial charge on any atom is 0.244 e. The van der Waals surface area contributed by atoms with Gasteiger partial charge in [0.05, 0.1) is 13.6 Å². The van der Waals surface area contributed by atoms with E-state index in [0.29, 0.717) is 41.0 Å². The fourth-order valence-electron chi connectivity index (χ4n) is 7.96. The third kappa shape index (κ3) is 15.3. The zero-order valence-corrected chi connectivity index (χ0v) is 57.6. The molecule has 5 nitrogen and oxygen atoms in total. The van der Waals surface area contributed by atoms with Gasteiger partial charge in [-0.2, -0.15) is 4.31 Å². The van der Waals surface area contributed by atoms with Crippen LogP contribution >= 0.6 is 90.7 Å². The Morgan fingerprint density at radius 2 is 0.947 bits per heavy atom. The highest BCUT2D eigenvalue weighted by atomic mass is 32.2. The first-order chi connectivity index (χ1) is 34.8.